The first-order valence-electron chi connectivity index (χ1n) is 7.40. The van der Waals surface area contributed by atoms with E-state index >= 15 is 0 Å². The fraction of sp³-hybridized carbons (Fsp3) is 0.600. The Balaban J connectivity index is 2.08. The van der Waals surface area contributed by atoms with E-state index in [9.17, 15) is 10.1 Å². The third-order valence-corrected chi connectivity index (χ3v) is 3.79. The summed E-state index contributed by atoms with van der Waals surface area (Å²) in [5.41, 5.74) is 1.85. The molecular formula is C15H23N3O3. The van der Waals surface area contributed by atoms with Crippen LogP contribution in [0, 0.1) is 10.1 Å². The summed E-state index contributed by atoms with van der Waals surface area (Å²) in [6.07, 6.45) is 2.29. The lowest BCUT2D eigenvalue weighted by Gasteiger charge is -2.16. The van der Waals surface area contributed by atoms with Gasteiger partial charge in [0.25, 0.3) is 5.69 Å². The van der Waals surface area contributed by atoms with E-state index in [2.05, 4.69) is 10.2 Å². The Morgan fingerprint density at radius 1 is 1.52 bits per heavy atom. The average molecular weight is 293 g/mol. The van der Waals surface area contributed by atoms with Gasteiger partial charge in [-0.15, -0.1) is 0 Å². The number of nitrogens with zero attached hydrogens (tertiary/aromatic N) is 2. The number of benzene rings is 1. The number of rotatable bonds is 7. The number of hydrogen-bond acceptors (Lipinski definition) is 5. The first-order chi connectivity index (χ1) is 10.1. The Labute approximate surface area is 125 Å². The van der Waals surface area contributed by atoms with Crippen LogP contribution in [0.25, 0.3) is 0 Å². The summed E-state index contributed by atoms with van der Waals surface area (Å²) in [6.45, 7) is 5.51. The van der Waals surface area contributed by atoms with Crippen LogP contribution in [0.5, 0.6) is 0 Å². The molecule has 0 saturated carbocycles. The Morgan fingerprint density at radius 2 is 2.33 bits per heavy atom. The number of likely N-dealkylation sites (tertiary alicyclic amines) is 1. The van der Waals surface area contributed by atoms with Crippen molar-refractivity contribution in [3.8, 4) is 0 Å². The van der Waals surface area contributed by atoms with Gasteiger partial charge in [-0.1, -0.05) is 13.0 Å². The second kappa shape index (κ2) is 7.38. The number of nitro benzene ring substituents is 1. The maximum Gasteiger partial charge on any atom is 0.292 e. The predicted molar refractivity (Wildman–Crippen MR) is 82.6 cm³/mol. The van der Waals surface area contributed by atoms with Gasteiger partial charge in [0.05, 0.1) is 11.0 Å². The second-order valence-corrected chi connectivity index (χ2v) is 5.42. The van der Waals surface area contributed by atoms with Crippen LogP contribution >= 0.6 is 0 Å². The minimum atomic E-state index is -0.335. The van der Waals surface area contributed by atoms with Crippen LogP contribution in [0.3, 0.4) is 0 Å². The SMILES string of the molecule is CCCNc1cc(CN2CCC(OC)C2)ccc1[N+](=O)[O-]. The van der Waals surface area contributed by atoms with Crippen LogP contribution in [0.4, 0.5) is 11.4 Å². The summed E-state index contributed by atoms with van der Waals surface area (Å²) in [4.78, 5) is 13.0. The first kappa shape index (κ1) is 15.7. The monoisotopic (exact) mass is 293 g/mol. The highest BCUT2D eigenvalue weighted by Crippen LogP contribution is 2.26. The van der Waals surface area contributed by atoms with Gasteiger partial charge in [0.1, 0.15) is 5.69 Å². The molecule has 21 heavy (non-hydrogen) atoms. The molecule has 6 nitrogen and oxygen atoms in total. The lowest BCUT2D eigenvalue weighted by Crippen LogP contribution is -2.22. The highest BCUT2D eigenvalue weighted by atomic mass is 16.6. The van der Waals surface area contributed by atoms with Crippen LogP contribution < -0.4 is 5.32 Å². The number of nitrogens with one attached hydrogen (secondary N) is 1. The number of methoxy groups -OCH3 is 1. The summed E-state index contributed by atoms with van der Waals surface area (Å²) in [7, 11) is 1.74. The van der Waals surface area contributed by atoms with E-state index in [0.717, 1.165) is 44.6 Å². The number of hydrogen-bond donors (Lipinski definition) is 1. The molecule has 1 unspecified atom stereocenters. The van der Waals surface area contributed by atoms with Gasteiger partial charge in [-0.3, -0.25) is 15.0 Å². The molecule has 0 aromatic heterocycles. The maximum atomic E-state index is 11.1. The van der Waals surface area contributed by atoms with Gasteiger partial charge in [-0.05, 0) is 24.5 Å². The fourth-order valence-corrected chi connectivity index (χ4v) is 2.63. The van der Waals surface area contributed by atoms with E-state index < -0.39 is 0 Å². The van der Waals surface area contributed by atoms with Crippen molar-refractivity contribution in [1.29, 1.82) is 0 Å². The van der Waals surface area contributed by atoms with Crippen molar-refractivity contribution in [2.45, 2.75) is 32.4 Å². The Morgan fingerprint density at radius 3 is 2.95 bits per heavy atom. The lowest BCUT2D eigenvalue weighted by atomic mass is 10.1. The molecule has 0 spiro atoms. The molecule has 6 heteroatoms. The maximum absolute atomic E-state index is 11.1. The predicted octanol–water partition coefficient (Wildman–Crippen LogP) is 2.64. The van der Waals surface area contributed by atoms with E-state index in [1.807, 2.05) is 19.1 Å². The summed E-state index contributed by atoms with van der Waals surface area (Å²) < 4.78 is 5.36. The first-order valence-corrected chi connectivity index (χ1v) is 7.40. The molecule has 2 rings (SSSR count). The van der Waals surface area contributed by atoms with E-state index in [-0.39, 0.29) is 10.6 Å². The summed E-state index contributed by atoms with van der Waals surface area (Å²) in [5.74, 6) is 0. The normalized spacial score (nSPS) is 18.9. The van der Waals surface area contributed by atoms with Crippen LogP contribution in [-0.4, -0.2) is 42.7 Å². The number of nitro groups is 1. The zero-order chi connectivity index (χ0) is 15.2. The summed E-state index contributed by atoms with van der Waals surface area (Å²) in [5, 5.41) is 14.2. The molecule has 1 heterocycles. The van der Waals surface area contributed by atoms with Crippen molar-refractivity contribution in [2.75, 3.05) is 32.1 Å². The van der Waals surface area contributed by atoms with Gasteiger partial charge in [-0.2, -0.15) is 0 Å². The zero-order valence-electron chi connectivity index (χ0n) is 12.7. The van der Waals surface area contributed by atoms with Gasteiger partial charge in [0.15, 0.2) is 0 Å². The third-order valence-electron chi connectivity index (χ3n) is 3.79. The zero-order valence-corrected chi connectivity index (χ0v) is 12.7. The molecule has 1 fully saturated rings. The van der Waals surface area contributed by atoms with Gasteiger partial charge in [-0.25, -0.2) is 0 Å². The largest absolute Gasteiger partial charge is 0.380 e. The average Bonchev–Trinajstić information content (AvgIpc) is 2.92. The second-order valence-electron chi connectivity index (χ2n) is 5.42. The molecule has 116 valence electrons. The number of anilines is 1. The molecule has 1 atom stereocenters. The molecular weight excluding hydrogens is 270 g/mol. The minimum absolute atomic E-state index is 0.142. The van der Waals surface area contributed by atoms with Crippen molar-refractivity contribution in [3.63, 3.8) is 0 Å². The van der Waals surface area contributed by atoms with Crippen LogP contribution in [0.2, 0.25) is 0 Å². The lowest BCUT2D eigenvalue weighted by molar-refractivity contribution is -0.384. The molecule has 1 saturated heterocycles. The molecule has 1 aromatic rings. The highest BCUT2D eigenvalue weighted by Gasteiger charge is 2.22. The standard InChI is InChI=1S/C15H23N3O3/c1-3-7-16-14-9-12(4-5-15(14)18(19)20)10-17-8-6-13(11-17)21-2/h4-5,9,13,16H,3,6-8,10-11H2,1-2H3. The quantitative estimate of drug-likeness (QED) is 0.618. The molecule has 0 aliphatic carbocycles. The Hall–Kier alpha value is -1.66. The van der Waals surface area contributed by atoms with Crippen LogP contribution in [0.1, 0.15) is 25.3 Å². The van der Waals surface area contributed by atoms with Crippen molar-refractivity contribution in [2.24, 2.45) is 0 Å². The molecule has 0 amide bonds. The van der Waals surface area contributed by atoms with Crippen molar-refractivity contribution < 1.29 is 9.66 Å². The highest BCUT2D eigenvalue weighted by molar-refractivity contribution is 5.62. The summed E-state index contributed by atoms with van der Waals surface area (Å²) in [6, 6.07) is 5.33. The molecule has 1 aromatic carbocycles. The van der Waals surface area contributed by atoms with Crippen molar-refractivity contribution >= 4 is 11.4 Å². The fourth-order valence-electron chi connectivity index (χ4n) is 2.63. The summed E-state index contributed by atoms with van der Waals surface area (Å²) >= 11 is 0. The smallest absolute Gasteiger partial charge is 0.292 e. The van der Waals surface area contributed by atoms with Gasteiger partial charge < -0.3 is 10.1 Å². The van der Waals surface area contributed by atoms with Gasteiger partial charge in [0.2, 0.25) is 0 Å². The topological polar surface area (TPSA) is 67.6 Å². The van der Waals surface area contributed by atoms with Crippen LogP contribution in [-0.2, 0) is 11.3 Å². The van der Waals surface area contributed by atoms with E-state index in [1.165, 1.54) is 0 Å². The van der Waals surface area contributed by atoms with E-state index in [4.69, 9.17) is 4.74 Å². The molecule has 1 aliphatic heterocycles. The van der Waals surface area contributed by atoms with Crippen molar-refractivity contribution in [3.05, 3.63) is 33.9 Å². The molecule has 1 N–H and O–H groups in total. The third kappa shape index (κ3) is 4.15. The molecule has 0 bridgehead atoms. The minimum Gasteiger partial charge on any atom is -0.380 e. The van der Waals surface area contributed by atoms with Crippen molar-refractivity contribution in [1.82, 2.24) is 4.90 Å². The van der Waals surface area contributed by atoms with Gasteiger partial charge in [0, 0.05) is 39.4 Å². The number of ether oxygens (including phenoxy) is 1. The van der Waals surface area contributed by atoms with Gasteiger partial charge >= 0.3 is 0 Å². The van der Waals surface area contributed by atoms with E-state index in [0.29, 0.717) is 11.8 Å². The van der Waals surface area contributed by atoms with E-state index in [1.54, 1.807) is 13.2 Å². The molecule has 1 aliphatic rings. The van der Waals surface area contributed by atoms with Crippen LogP contribution in [0.15, 0.2) is 18.2 Å². The Bertz CT molecular complexity index is 493. The Kier molecular flexibility index (Phi) is 5.52. The molecule has 0 radical (unpaired) electrons.